The van der Waals surface area contributed by atoms with E-state index in [4.69, 9.17) is 0 Å². The molecule has 0 bridgehead atoms. The average Bonchev–Trinajstić information content (AvgIpc) is 2.72. The Morgan fingerprint density at radius 3 is 2.19 bits per heavy atom. The molecule has 0 aliphatic carbocycles. The standard InChI is InChI=1S/C23H24N2O2/c1-18(20-12-6-3-7-13-20)25(17-21-14-8-9-15-22(21)26)23(27)24-16-19-10-4-2-5-11-19/h2-15,18,26H,16-17H2,1H3,(H,24,27)/t18-/m1/s1. The molecule has 4 nitrogen and oxygen atoms in total. The highest BCUT2D eigenvalue weighted by Crippen LogP contribution is 2.25. The highest BCUT2D eigenvalue weighted by Gasteiger charge is 2.22. The maximum absolute atomic E-state index is 13.0. The number of carbonyl (C=O) groups excluding carboxylic acids is 1. The van der Waals surface area contributed by atoms with Crippen LogP contribution < -0.4 is 5.32 Å². The summed E-state index contributed by atoms with van der Waals surface area (Å²) in [5, 5.41) is 13.1. The lowest BCUT2D eigenvalue weighted by Crippen LogP contribution is -2.40. The lowest BCUT2D eigenvalue weighted by atomic mass is 10.1. The normalized spacial score (nSPS) is 11.6. The summed E-state index contributed by atoms with van der Waals surface area (Å²) in [5.41, 5.74) is 2.80. The first kappa shape index (κ1) is 18.5. The van der Waals surface area contributed by atoms with Gasteiger partial charge in [-0.15, -0.1) is 0 Å². The van der Waals surface area contributed by atoms with Gasteiger partial charge < -0.3 is 15.3 Å². The van der Waals surface area contributed by atoms with Gasteiger partial charge in [0.25, 0.3) is 0 Å². The Kier molecular flexibility index (Phi) is 6.10. The van der Waals surface area contributed by atoms with Crippen LogP contribution in [0.1, 0.15) is 29.7 Å². The molecule has 0 unspecified atom stereocenters. The van der Waals surface area contributed by atoms with E-state index in [1.165, 1.54) is 0 Å². The lowest BCUT2D eigenvalue weighted by Gasteiger charge is -2.30. The predicted octanol–water partition coefficient (Wildman–Crippen LogP) is 4.87. The molecular weight excluding hydrogens is 336 g/mol. The molecule has 27 heavy (non-hydrogen) atoms. The first-order chi connectivity index (χ1) is 13.1. The number of amides is 2. The number of urea groups is 1. The SMILES string of the molecule is C[C@H](c1ccccc1)N(Cc1ccccc1O)C(=O)NCc1ccccc1. The van der Waals surface area contributed by atoms with Gasteiger partial charge >= 0.3 is 6.03 Å². The number of para-hydroxylation sites is 1. The quantitative estimate of drug-likeness (QED) is 0.659. The summed E-state index contributed by atoms with van der Waals surface area (Å²) in [7, 11) is 0. The molecule has 0 aromatic heterocycles. The molecule has 3 rings (SSSR count). The van der Waals surface area contributed by atoms with Gasteiger partial charge in [-0.25, -0.2) is 4.79 Å². The first-order valence-electron chi connectivity index (χ1n) is 9.05. The number of hydrogen-bond acceptors (Lipinski definition) is 2. The van der Waals surface area contributed by atoms with Gasteiger partial charge in [0.1, 0.15) is 5.75 Å². The van der Waals surface area contributed by atoms with E-state index in [2.05, 4.69) is 5.32 Å². The number of carbonyl (C=O) groups is 1. The number of rotatable bonds is 6. The van der Waals surface area contributed by atoms with Crippen LogP contribution in [0.4, 0.5) is 4.79 Å². The molecule has 0 spiro atoms. The third-order valence-corrected chi connectivity index (χ3v) is 4.63. The fraction of sp³-hybridized carbons (Fsp3) is 0.174. The number of aromatic hydroxyl groups is 1. The van der Waals surface area contributed by atoms with Gasteiger partial charge in [0.2, 0.25) is 0 Å². The van der Waals surface area contributed by atoms with Crippen molar-refractivity contribution in [2.24, 2.45) is 0 Å². The number of phenolic OH excluding ortho intramolecular Hbond substituents is 1. The molecule has 0 aliphatic heterocycles. The fourth-order valence-corrected chi connectivity index (χ4v) is 3.00. The van der Waals surface area contributed by atoms with E-state index in [0.717, 1.165) is 16.7 Å². The van der Waals surface area contributed by atoms with Crippen molar-refractivity contribution in [3.8, 4) is 5.75 Å². The van der Waals surface area contributed by atoms with Crippen molar-refractivity contribution in [1.82, 2.24) is 10.2 Å². The van der Waals surface area contributed by atoms with Crippen molar-refractivity contribution in [2.75, 3.05) is 0 Å². The zero-order valence-corrected chi connectivity index (χ0v) is 15.4. The van der Waals surface area contributed by atoms with Crippen LogP contribution >= 0.6 is 0 Å². The molecule has 0 heterocycles. The van der Waals surface area contributed by atoms with E-state index < -0.39 is 0 Å². The second-order valence-electron chi connectivity index (χ2n) is 6.49. The van der Waals surface area contributed by atoms with E-state index in [9.17, 15) is 9.90 Å². The van der Waals surface area contributed by atoms with Gasteiger partial charge in [0.05, 0.1) is 12.6 Å². The smallest absolute Gasteiger partial charge is 0.318 e. The third kappa shape index (κ3) is 4.88. The van der Waals surface area contributed by atoms with Crippen LogP contribution in [0.15, 0.2) is 84.9 Å². The van der Waals surface area contributed by atoms with Crippen molar-refractivity contribution in [3.05, 3.63) is 102 Å². The van der Waals surface area contributed by atoms with E-state index in [1.807, 2.05) is 79.7 Å². The molecule has 3 aromatic rings. The van der Waals surface area contributed by atoms with Crippen LogP contribution in [-0.2, 0) is 13.1 Å². The molecule has 3 aromatic carbocycles. The Hall–Kier alpha value is -3.27. The maximum atomic E-state index is 13.0. The topological polar surface area (TPSA) is 52.6 Å². The minimum Gasteiger partial charge on any atom is -0.508 e. The van der Waals surface area contributed by atoms with Crippen LogP contribution in [0.2, 0.25) is 0 Å². The van der Waals surface area contributed by atoms with Crippen LogP contribution in [0.5, 0.6) is 5.75 Å². The molecule has 2 N–H and O–H groups in total. The summed E-state index contributed by atoms with van der Waals surface area (Å²) < 4.78 is 0. The van der Waals surface area contributed by atoms with Crippen LogP contribution in [-0.4, -0.2) is 16.0 Å². The molecule has 4 heteroatoms. The molecule has 138 valence electrons. The van der Waals surface area contributed by atoms with Crippen molar-refractivity contribution in [3.63, 3.8) is 0 Å². The van der Waals surface area contributed by atoms with E-state index in [0.29, 0.717) is 13.1 Å². The minimum atomic E-state index is -0.168. The van der Waals surface area contributed by atoms with E-state index in [-0.39, 0.29) is 17.8 Å². The Labute approximate surface area is 160 Å². The molecular formula is C23H24N2O2. The summed E-state index contributed by atoms with van der Waals surface area (Å²) in [4.78, 5) is 14.7. The Morgan fingerprint density at radius 2 is 1.52 bits per heavy atom. The Bertz CT molecular complexity index is 866. The van der Waals surface area contributed by atoms with Crippen LogP contribution in [0.3, 0.4) is 0 Å². The number of benzene rings is 3. The summed E-state index contributed by atoms with van der Waals surface area (Å²) in [5.74, 6) is 0.193. The molecule has 0 saturated heterocycles. The van der Waals surface area contributed by atoms with Gasteiger partial charge in [-0.1, -0.05) is 78.9 Å². The average molecular weight is 360 g/mol. The Balaban J connectivity index is 1.80. The summed E-state index contributed by atoms with van der Waals surface area (Å²) in [6, 6.07) is 26.5. The molecule has 0 fully saturated rings. The van der Waals surface area contributed by atoms with Crippen molar-refractivity contribution in [2.45, 2.75) is 26.1 Å². The number of nitrogens with one attached hydrogen (secondary N) is 1. The predicted molar refractivity (Wildman–Crippen MR) is 107 cm³/mol. The van der Waals surface area contributed by atoms with Gasteiger partial charge in [-0.2, -0.15) is 0 Å². The van der Waals surface area contributed by atoms with Gasteiger partial charge in [0, 0.05) is 12.1 Å². The third-order valence-electron chi connectivity index (χ3n) is 4.63. The van der Waals surface area contributed by atoms with Crippen LogP contribution in [0.25, 0.3) is 0 Å². The molecule has 0 radical (unpaired) electrons. The molecule has 0 saturated carbocycles. The minimum absolute atomic E-state index is 0.137. The monoisotopic (exact) mass is 360 g/mol. The molecule has 2 amide bonds. The zero-order chi connectivity index (χ0) is 19.1. The lowest BCUT2D eigenvalue weighted by molar-refractivity contribution is 0.174. The van der Waals surface area contributed by atoms with Gasteiger partial charge in [0.15, 0.2) is 0 Å². The maximum Gasteiger partial charge on any atom is 0.318 e. The second-order valence-corrected chi connectivity index (χ2v) is 6.49. The summed E-state index contributed by atoms with van der Waals surface area (Å²) in [6.07, 6.45) is 0. The van der Waals surface area contributed by atoms with Crippen molar-refractivity contribution >= 4 is 6.03 Å². The summed E-state index contributed by atoms with van der Waals surface area (Å²) >= 11 is 0. The largest absolute Gasteiger partial charge is 0.508 e. The van der Waals surface area contributed by atoms with E-state index in [1.54, 1.807) is 17.0 Å². The first-order valence-corrected chi connectivity index (χ1v) is 9.05. The number of hydrogen-bond donors (Lipinski definition) is 2. The van der Waals surface area contributed by atoms with Crippen molar-refractivity contribution in [1.29, 1.82) is 0 Å². The zero-order valence-electron chi connectivity index (χ0n) is 15.4. The number of nitrogens with zero attached hydrogens (tertiary/aromatic N) is 1. The highest BCUT2D eigenvalue weighted by molar-refractivity contribution is 5.75. The molecule has 0 aliphatic rings. The second kappa shape index (κ2) is 8.90. The highest BCUT2D eigenvalue weighted by atomic mass is 16.3. The molecule has 1 atom stereocenters. The fourth-order valence-electron chi connectivity index (χ4n) is 3.00. The van der Waals surface area contributed by atoms with Crippen LogP contribution in [0, 0.1) is 0 Å². The number of phenols is 1. The van der Waals surface area contributed by atoms with Crippen molar-refractivity contribution < 1.29 is 9.90 Å². The van der Waals surface area contributed by atoms with E-state index >= 15 is 0 Å². The Morgan fingerprint density at radius 1 is 0.926 bits per heavy atom. The van der Waals surface area contributed by atoms with Gasteiger partial charge in [-0.3, -0.25) is 0 Å². The van der Waals surface area contributed by atoms with Gasteiger partial charge in [-0.05, 0) is 24.1 Å². The summed E-state index contributed by atoms with van der Waals surface area (Å²) in [6.45, 7) is 2.78.